The number of hydrogen-bond donors (Lipinski definition) is 0. The summed E-state index contributed by atoms with van der Waals surface area (Å²) >= 11 is 0. The zero-order valence-electron chi connectivity index (χ0n) is 45.8. The molecule has 0 saturated heterocycles. The van der Waals surface area contributed by atoms with E-state index in [0.717, 1.165) is 39.0 Å². The van der Waals surface area contributed by atoms with Gasteiger partial charge in [0.1, 0.15) is 11.2 Å². The number of nitrogens with zero attached hydrogens (tertiary/aromatic N) is 2. The van der Waals surface area contributed by atoms with Gasteiger partial charge < -0.3 is 14.2 Å². The number of hydrogen-bond acceptors (Lipinski definition) is 3. The lowest BCUT2D eigenvalue weighted by Gasteiger charge is -2.51. The summed E-state index contributed by atoms with van der Waals surface area (Å²) in [5, 5.41) is 2.26. The van der Waals surface area contributed by atoms with E-state index in [1.165, 1.54) is 92.5 Å². The molecule has 3 nitrogen and oxygen atoms in total. The summed E-state index contributed by atoms with van der Waals surface area (Å²) in [5.74, 6) is 0.316. The van der Waals surface area contributed by atoms with Crippen molar-refractivity contribution in [2.75, 3.05) is 9.80 Å². The van der Waals surface area contributed by atoms with Crippen molar-refractivity contribution in [3.8, 4) is 11.1 Å². The van der Waals surface area contributed by atoms with Crippen LogP contribution in [0.4, 0.5) is 34.1 Å². The zero-order chi connectivity index (χ0) is 51.4. The molecular weight excluding hydrogens is 896 g/mol. The normalized spacial score (nSPS) is 19.9. The van der Waals surface area contributed by atoms with Crippen LogP contribution in [0, 0.1) is 12.3 Å². The molecule has 2 aliphatic heterocycles. The molecule has 3 heterocycles. The van der Waals surface area contributed by atoms with Crippen molar-refractivity contribution in [2.45, 2.75) is 136 Å². The Bertz CT molecular complexity index is 3750. The monoisotopic (exact) mass is 967 g/mol. The van der Waals surface area contributed by atoms with Gasteiger partial charge in [-0.15, -0.1) is 0 Å². The number of anilines is 6. The predicted octanol–water partition coefficient (Wildman–Crippen LogP) is 17.5. The van der Waals surface area contributed by atoms with Crippen LogP contribution in [-0.4, -0.2) is 6.71 Å². The Labute approximate surface area is 440 Å². The Balaban J connectivity index is 1.13. The highest BCUT2D eigenvalue weighted by molar-refractivity contribution is 6.99. The maximum atomic E-state index is 6.63. The van der Waals surface area contributed by atoms with Gasteiger partial charge in [-0.1, -0.05) is 185 Å². The van der Waals surface area contributed by atoms with E-state index in [-0.39, 0.29) is 33.8 Å². The average Bonchev–Trinajstić information content (AvgIpc) is 3.93. The van der Waals surface area contributed by atoms with Gasteiger partial charge in [0.2, 0.25) is 6.71 Å². The van der Waals surface area contributed by atoms with Gasteiger partial charge in [0.25, 0.3) is 0 Å². The molecular formula is C70H71BN2O. The zero-order valence-corrected chi connectivity index (χ0v) is 45.8. The molecule has 9 aromatic rings. The van der Waals surface area contributed by atoms with Crippen LogP contribution < -0.4 is 26.2 Å². The van der Waals surface area contributed by atoms with Crippen molar-refractivity contribution in [1.82, 2.24) is 0 Å². The van der Waals surface area contributed by atoms with Crippen LogP contribution in [0.3, 0.4) is 0 Å². The fourth-order valence-electron chi connectivity index (χ4n) is 14.4. The summed E-state index contributed by atoms with van der Waals surface area (Å²) in [6.07, 6.45) is 5.04. The third kappa shape index (κ3) is 6.92. The summed E-state index contributed by atoms with van der Waals surface area (Å²) < 4.78 is 6.63. The summed E-state index contributed by atoms with van der Waals surface area (Å²) in [5.41, 5.74) is 26.0. The molecule has 4 heteroatoms. The molecule has 13 rings (SSSR count). The maximum Gasteiger partial charge on any atom is 0.247 e. The van der Waals surface area contributed by atoms with Crippen molar-refractivity contribution < 1.29 is 4.42 Å². The average molecular weight is 967 g/mol. The van der Waals surface area contributed by atoms with Crippen molar-refractivity contribution in [2.24, 2.45) is 5.41 Å². The van der Waals surface area contributed by atoms with Gasteiger partial charge in [0.05, 0.1) is 5.69 Å². The molecule has 0 N–H and O–H groups in total. The molecule has 1 aromatic heterocycles. The smallest absolute Gasteiger partial charge is 0.247 e. The Morgan fingerprint density at radius 3 is 1.93 bits per heavy atom. The summed E-state index contributed by atoms with van der Waals surface area (Å²) in [6.45, 7) is 28.9. The molecule has 0 amide bonds. The van der Waals surface area contributed by atoms with E-state index in [1.807, 2.05) is 0 Å². The highest BCUT2D eigenvalue weighted by Gasteiger charge is 2.62. The first kappa shape index (κ1) is 47.0. The molecule has 0 spiro atoms. The number of rotatable bonds is 5. The van der Waals surface area contributed by atoms with E-state index in [4.69, 9.17) is 4.42 Å². The fourth-order valence-corrected chi connectivity index (χ4v) is 14.4. The second kappa shape index (κ2) is 16.1. The molecule has 0 bridgehead atoms. The molecule has 1 fully saturated rings. The third-order valence-corrected chi connectivity index (χ3v) is 18.6. The van der Waals surface area contributed by atoms with Gasteiger partial charge in [-0.25, -0.2) is 0 Å². The minimum absolute atomic E-state index is 0.0157. The minimum atomic E-state index is -0.0383. The molecule has 74 heavy (non-hydrogen) atoms. The highest BCUT2D eigenvalue weighted by atomic mass is 16.3. The molecule has 3 atom stereocenters. The molecule has 0 radical (unpaired) electrons. The Morgan fingerprint density at radius 1 is 0.541 bits per heavy atom. The van der Waals surface area contributed by atoms with Crippen molar-refractivity contribution in [1.29, 1.82) is 0 Å². The molecule has 2 aliphatic carbocycles. The first-order valence-electron chi connectivity index (χ1n) is 27.5. The van der Waals surface area contributed by atoms with Crippen molar-refractivity contribution >= 4 is 79.2 Å². The lowest BCUT2D eigenvalue weighted by atomic mass is 9.30. The SMILES string of the molecule is Cc1cc2c3c(c1)N(c1ccc(C(C)(C)C)cc1-c1ccccc1)c1cc(N(c4ccc(C(C)(C)C)cc4)c4ccc5c(c4)oc4ccccc45)ccc1B3c1cc(C(C)(C)C)cc3c1C2C1(C)CCCCC31C. The lowest BCUT2D eigenvalue weighted by Crippen LogP contribution is -2.62. The first-order valence-corrected chi connectivity index (χ1v) is 27.5. The van der Waals surface area contributed by atoms with E-state index in [2.05, 4.69) is 251 Å². The van der Waals surface area contributed by atoms with E-state index < -0.39 is 0 Å². The summed E-state index contributed by atoms with van der Waals surface area (Å²) in [4.78, 5) is 5.15. The predicted molar refractivity (Wildman–Crippen MR) is 316 cm³/mol. The number of furan rings is 1. The van der Waals surface area contributed by atoms with Gasteiger partial charge in [-0.2, -0.15) is 0 Å². The van der Waals surface area contributed by atoms with Gasteiger partial charge in [0, 0.05) is 56.8 Å². The van der Waals surface area contributed by atoms with Gasteiger partial charge >= 0.3 is 0 Å². The van der Waals surface area contributed by atoms with Crippen LogP contribution in [0.15, 0.2) is 162 Å². The standard InChI is InChI=1S/C70H71BN2O/c1-43-36-54-64-63-55(69(11)34-18-19-35-70(64,69)12)39-47(68(8,9)10)40-57(63)71-56-32-30-49(41-59(56)73(60(37-43)65(54)71)58-33-26-46(67(5,6)7)38-53(58)44-20-14-13-15-21-44)72(48-27-24-45(25-28-48)66(2,3)4)50-29-31-52-51-22-16-17-23-61(51)74-62(52)42-50/h13-17,20-33,36-42,64H,18-19,34-35H2,1-12H3. The number of aryl methyl sites for hydroxylation is 1. The quantitative estimate of drug-likeness (QED) is 0.160. The second-order valence-corrected chi connectivity index (χ2v) is 26.2. The van der Waals surface area contributed by atoms with Crippen LogP contribution in [0.2, 0.25) is 0 Å². The topological polar surface area (TPSA) is 19.6 Å². The highest BCUT2D eigenvalue weighted by Crippen LogP contribution is 2.68. The van der Waals surface area contributed by atoms with Crippen LogP contribution in [-0.2, 0) is 21.7 Å². The lowest BCUT2D eigenvalue weighted by molar-refractivity contribution is 0.0925. The first-order chi connectivity index (χ1) is 35.2. The van der Waals surface area contributed by atoms with Gasteiger partial charge in [-0.05, 0) is 163 Å². The van der Waals surface area contributed by atoms with Gasteiger partial charge in [-0.3, -0.25) is 0 Å². The second-order valence-electron chi connectivity index (χ2n) is 26.2. The Hall–Kier alpha value is -6.78. The molecule has 3 unspecified atom stereocenters. The Kier molecular flexibility index (Phi) is 10.2. The summed E-state index contributed by atoms with van der Waals surface area (Å²) in [7, 11) is 0. The molecule has 370 valence electrons. The fraction of sp³-hybridized carbons (Fsp3) is 0.314. The molecule has 4 aliphatic rings. The van der Waals surface area contributed by atoms with E-state index in [0.29, 0.717) is 5.92 Å². The van der Waals surface area contributed by atoms with Crippen LogP contribution in [0.5, 0.6) is 0 Å². The van der Waals surface area contributed by atoms with Crippen molar-refractivity contribution in [3.05, 3.63) is 197 Å². The Morgan fingerprint density at radius 2 is 1.19 bits per heavy atom. The minimum Gasteiger partial charge on any atom is -0.456 e. The molecule has 1 saturated carbocycles. The third-order valence-electron chi connectivity index (χ3n) is 18.6. The van der Waals surface area contributed by atoms with Crippen LogP contribution >= 0.6 is 0 Å². The largest absolute Gasteiger partial charge is 0.456 e. The van der Waals surface area contributed by atoms with Crippen LogP contribution in [0.1, 0.15) is 147 Å². The number of benzene rings is 8. The van der Waals surface area contributed by atoms with E-state index in [1.54, 1.807) is 16.7 Å². The van der Waals surface area contributed by atoms with Gasteiger partial charge in [0.15, 0.2) is 0 Å². The number of para-hydroxylation sites is 1. The van der Waals surface area contributed by atoms with E-state index >= 15 is 0 Å². The van der Waals surface area contributed by atoms with E-state index in [9.17, 15) is 0 Å². The maximum absolute atomic E-state index is 6.63. The molecule has 8 aromatic carbocycles. The van der Waals surface area contributed by atoms with Crippen LogP contribution in [0.25, 0.3) is 33.1 Å². The number of fused-ring (bicyclic) bond motifs is 10. The van der Waals surface area contributed by atoms with Crippen molar-refractivity contribution in [3.63, 3.8) is 0 Å². The summed E-state index contributed by atoms with van der Waals surface area (Å²) in [6, 6.07) is 60.8.